The Morgan fingerprint density at radius 2 is 2.05 bits per heavy atom. The number of aromatic carboxylic acids is 1. The van der Waals surface area contributed by atoms with Crippen molar-refractivity contribution in [2.75, 3.05) is 5.32 Å². The lowest BCUT2D eigenvalue weighted by atomic mass is 9.96. The van der Waals surface area contributed by atoms with Gasteiger partial charge in [-0.15, -0.1) is 16.4 Å². The third-order valence-corrected chi connectivity index (χ3v) is 3.44. The highest BCUT2D eigenvalue weighted by Crippen LogP contribution is 2.22. The van der Waals surface area contributed by atoms with Crippen molar-refractivity contribution in [3.05, 3.63) is 28.7 Å². The standard InChI is InChI=1S/C12H14N4O3S/c1-12(2,3)11-14-8(15-16-11)9(17)13-7-5-4-6(20-7)10(18)19/h4-5H,1-3H3,(H,13,17)(H,18,19)(H,14,15,16). The number of nitrogens with one attached hydrogen (secondary N) is 2. The van der Waals surface area contributed by atoms with Gasteiger partial charge in [0.05, 0.1) is 5.00 Å². The molecule has 0 radical (unpaired) electrons. The number of carbonyl (C=O) groups is 2. The fourth-order valence-corrected chi connectivity index (χ4v) is 2.13. The molecule has 1 amide bonds. The van der Waals surface area contributed by atoms with Crippen molar-refractivity contribution in [3.8, 4) is 0 Å². The Kier molecular flexibility index (Phi) is 3.58. The molecule has 0 aliphatic rings. The van der Waals surface area contributed by atoms with Crippen LogP contribution in [0.3, 0.4) is 0 Å². The van der Waals surface area contributed by atoms with Crippen molar-refractivity contribution in [2.24, 2.45) is 0 Å². The molecule has 2 aromatic heterocycles. The first kappa shape index (κ1) is 14.2. The lowest BCUT2D eigenvalue weighted by molar-refractivity contribution is 0.0702. The summed E-state index contributed by atoms with van der Waals surface area (Å²) in [7, 11) is 0. The van der Waals surface area contributed by atoms with Gasteiger partial charge in [-0.05, 0) is 12.1 Å². The predicted molar refractivity (Wildman–Crippen MR) is 74.3 cm³/mol. The fraction of sp³-hybridized carbons (Fsp3) is 0.333. The molecule has 8 heteroatoms. The third kappa shape index (κ3) is 3.02. The fourth-order valence-electron chi connectivity index (χ4n) is 1.39. The summed E-state index contributed by atoms with van der Waals surface area (Å²) in [6.07, 6.45) is 0. The molecule has 0 aromatic carbocycles. The highest BCUT2D eigenvalue weighted by molar-refractivity contribution is 7.18. The Morgan fingerprint density at radius 3 is 2.55 bits per heavy atom. The Balaban J connectivity index is 2.11. The van der Waals surface area contributed by atoms with Crippen LogP contribution >= 0.6 is 11.3 Å². The topological polar surface area (TPSA) is 108 Å². The van der Waals surface area contributed by atoms with Gasteiger partial charge >= 0.3 is 5.97 Å². The van der Waals surface area contributed by atoms with Gasteiger partial charge in [0, 0.05) is 5.41 Å². The molecule has 0 saturated carbocycles. The number of nitrogens with zero attached hydrogens (tertiary/aromatic N) is 2. The van der Waals surface area contributed by atoms with E-state index in [4.69, 9.17) is 5.11 Å². The normalized spacial score (nSPS) is 11.3. The van der Waals surface area contributed by atoms with Gasteiger partial charge in [0.15, 0.2) is 0 Å². The number of H-pyrrole nitrogens is 1. The number of aromatic amines is 1. The molecule has 7 nitrogen and oxygen atoms in total. The van der Waals surface area contributed by atoms with E-state index >= 15 is 0 Å². The van der Waals surface area contributed by atoms with Crippen molar-refractivity contribution in [2.45, 2.75) is 26.2 Å². The van der Waals surface area contributed by atoms with Gasteiger partial charge in [-0.3, -0.25) is 9.89 Å². The summed E-state index contributed by atoms with van der Waals surface area (Å²) < 4.78 is 0. The lowest BCUT2D eigenvalue weighted by Gasteiger charge is -2.12. The summed E-state index contributed by atoms with van der Waals surface area (Å²) in [5, 5.41) is 18.4. The molecule has 0 atom stereocenters. The molecule has 0 fully saturated rings. The molecule has 3 N–H and O–H groups in total. The molecular weight excluding hydrogens is 280 g/mol. The molecule has 2 aromatic rings. The number of anilines is 1. The van der Waals surface area contributed by atoms with E-state index in [2.05, 4.69) is 20.5 Å². The van der Waals surface area contributed by atoms with Gasteiger partial charge < -0.3 is 10.4 Å². The molecule has 0 aliphatic heterocycles. The second-order valence-electron chi connectivity index (χ2n) is 5.18. The van der Waals surface area contributed by atoms with Crippen LogP contribution in [0.15, 0.2) is 12.1 Å². The molecule has 0 saturated heterocycles. The molecule has 20 heavy (non-hydrogen) atoms. The first-order valence-corrected chi connectivity index (χ1v) is 6.66. The number of carboxylic acid groups (broad SMARTS) is 1. The van der Waals surface area contributed by atoms with Crippen LogP contribution in [0, 0.1) is 0 Å². The zero-order valence-electron chi connectivity index (χ0n) is 11.2. The average molecular weight is 294 g/mol. The Labute approximate surface area is 119 Å². The molecule has 106 valence electrons. The van der Waals surface area contributed by atoms with Crippen molar-refractivity contribution < 1.29 is 14.7 Å². The van der Waals surface area contributed by atoms with Gasteiger partial charge in [0.25, 0.3) is 5.91 Å². The summed E-state index contributed by atoms with van der Waals surface area (Å²) in [5.41, 5.74) is -0.231. The molecule has 0 aliphatic carbocycles. The predicted octanol–water partition coefficient (Wildman–Crippen LogP) is 2.11. The van der Waals surface area contributed by atoms with Gasteiger partial charge in [-0.1, -0.05) is 20.8 Å². The van der Waals surface area contributed by atoms with E-state index in [9.17, 15) is 9.59 Å². The minimum Gasteiger partial charge on any atom is -0.477 e. The zero-order valence-corrected chi connectivity index (χ0v) is 12.0. The highest BCUT2D eigenvalue weighted by atomic mass is 32.1. The van der Waals surface area contributed by atoms with E-state index in [1.807, 2.05) is 20.8 Å². The Morgan fingerprint density at radius 1 is 1.35 bits per heavy atom. The number of carboxylic acids is 1. The molecule has 2 heterocycles. The molecule has 0 unspecified atom stereocenters. The number of carbonyl (C=O) groups excluding carboxylic acids is 1. The van der Waals surface area contributed by atoms with Gasteiger partial charge in [0.1, 0.15) is 10.7 Å². The minimum atomic E-state index is -1.02. The summed E-state index contributed by atoms with van der Waals surface area (Å²) in [4.78, 5) is 27.0. The number of hydrogen-bond acceptors (Lipinski definition) is 5. The maximum absolute atomic E-state index is 11.9. The average Bonchev–Trinajstić information content (AvgIpc) is 2.95. The van der Waals surface area contributed by atoms with Crippen LogP contribution in [0.2, 0.25) is 0 Å². The van der Waals surface area contributed by atoms with Crippen LogP contribution in [-0.4, -0.2) is 32.2 Å². The van der Waals surface area contributed by atoms with Crippen LogP contribution in [0.4, 0.5) is 5.00 Å². The molecular formula is C12H14N4O3S. The number of rotatable bonds is 3. The van der Waals surface area contributed by atoms with Gasteiger partial charge in [-0.25, -0.2) is 9.78 Å². The first-order valence-electron chi connectivity index (χ1n) is 5.85. The maximum Gasteiger partial charge on any atom is 0.345 e. The number of aromatic nitrogens is 3. The van der Waals surface area contributed by atoms with E-state index in [1.165, 1.54) is 12.1 Å². The van der Waals surface area contributed by atoms with E-state index in [1.54, 1.807) is 0 Å². The van der Waals surface area contributed by atoms with Crippen molar-refractivity contribution >= 4 is 28.2 Å². The second kappa shape index (κ2) is 5.04. The minimum absolute atomic E-state index is 0.0280. The van der Waals surface area contributed by atoms with Crippen molar-refractivity contribution in [1.29, 1.82) is 0 Å². The molecule has 0 spiro atoms. The SMILES string of the molecule is CC(C)(C)c1nc(C(=O)Nc2ccc(C(=O)O)s2)n[nH]1. The van der Waals surface area contributed by atoms with Crippen LogP contribution in [0.5, 0.6) is 0 Å². The second-order valence-corrected chi connectivity index (χ2v) is 6.26. The summed E-state index contributed by atoms with van der Waals surface area (Å²) in [6, 6.07) is 2.96. The maximum atomic E-state index is 11.9. The van der Waals surface area contributed by atoms with Crippen molar-refractivity contribution in [1.82, 2.24) is 15.2 Å². The van der Waals surface area contributed by atoms with Crippen LogP contribution < -0.4 is 5.32 Å². The molecule has 0 bridgehead atoms. The number of amides is 1. The lowest BCUT2D eigenvalue weighted by Crippen LogP contribution is -2.15. The highest BCUT2D eigenvalue weighted by Gasteiger charge is 2.21. The van der Waals surface area contributed by atoms with Crippen LogP contribution in [0.1, 0.15) is 46.9 Å². The smallest absolute Gasteiger partial charge is 0.345 e. The Hall–Kier alpha value is -2.22. The third-order valence-electron chi connectivity index (χ3n) is 2.45. The van der Waals surface area contributed by atoms with Crippen LogP contribution in [0.25, 0.3) is 0 Å². The number of thiophene rings is 1. The quantitative estimate of drug-likeness (QED) is 0.803. The zero-order chi connectivity index (χ0) is 14.9. The van der Waals surface area contributed by atoms with E-state index in [0.717, 1.165) is 11.3 Å². The van der Waals surface area contributed by atoms with Crippen LogP contribution in [-0.2, 0) is 5.41 Å². The number of hydrogen-bond donors (Lipinski definition) is 3. The molecule has 2 rings (SSSR count). The monoisotopic (exact) mass is 294 g/mol. The Bertz CT molecular complexity index is 654. The van der Waals surface area contributed by atoms with Gasteiger partial charge in [0.2, 0.25) is 5.82 Å². The van der Waals surface area contributed by atoms with Crippen molar-refractivity contribution in [3.63, 3.8) is 0 Å². The summed E-state index contributed by atoms with van der Waals surface area (Å²) in [5.74, 6) is -0.862. The van der Waals surface area contributed by atoms with Gasteiger partial charge in [-0.2, -0.15) is 0 Å². The largest absolute Gasteiger partial charge is 0.477 e. The first-order chi connectivity index (χ1) is 9.27. The van der Waals surface area contributed by atoms with E-state index < -0.39 is 11.9 Å². The summed E-state index contributed by atoms with van der Waals surface area (Å²) >= 11 is 0.979. The van der Waals surface area contributed by atoms with E-state index in [0.29, 0.717) is 10.8 Å². The summed E-state index contributed by atoms with van der Waals surface area (Å²) in [6.45, 7) is 5.86. The van der Waals surface area contributed by atoms with E-state index in [-0.39, 0.29) is 16.1 Å².